The number of rotatable bonds is 5. The second-order valence-electron chi connectivity index (χ2n) is 4.90. The number of halogens is 7. The number of hydrogen-bond acceptors (Lipinski definition) is 5. The molecule has 0 aliphatic carbocycles. The lowest BCUT2D eigenvalue weighted by Crippen LogP contribution is -2.16. The van der Waals surface area contributed by atoms with Gasteiger partial charge in [-0.15, -0.1) is 0 Å². The highest BCUT2D eigenvalue weighted by molar-refractivity contribution is 6.33. The molecule has 1 heterocycles. The number of para-hydroxylation sites is 1. The molecule has 0 saturated heterocycles. The summed E-state index contributed by atoms with van der Waals surface area (Å²) in [5.41, 5.74) is -3.18. The monoisotopic (exact) mass is 400 g/mol. The third-order valence-corrected chi connectivity index (χ3v) is 3.30. The zero-order valence-corrected chi connectivity index (χ0v) is 13.5. The summed E-state index contributed by atoms with van der Waals surface area (Å²) in [7, 11) is 0. The van der Waals surface area contributed by atoms with E-state index in [0.717, 1.165) is 18.2 Å². The van der Waals surface area contributed by atoms with Crippen molar-refractivity contribution in [3.63, 3.8) is 0 Å². The molecule has 0 fully saturated rings. The van der Waals surface area contributed by atoms with Gasteiger partial charge in [-0.2, -0.15) is 31.3 Å². The molecule has 1 aromatic heterocycles. The largest absolute Gasteiger partial charge is 0.433 e. The number of nitrogens with one attached hydrogen (secondary N) is 2. The van der Waals surface area contributed by atoms with Gasteiger partial charge in [0.05, 0.1) is 22.9 Å². The molecular formula is C14H11ClF6N4O. The first-order chi connectivity index (χ1) is 12.0. The van der Waals surface area contributed by atoms with E-state index in [2.05, 4.69) is 20.6 Å². The fourth-order valence-electron chi connectivity index (χ4n) is 1.92. The minimum atomic E-state index is -4.86. The molecule has 12 heteroatoms. The van der Waals surface area contributed by atoms with Gasteiger partial charge in [0, 0.05) is 12.6 Å². The summed E-state index contributed by atoms with van der Waals surface area (Å²) in [6.07, 6.45) is -9.65. The Kier molecular flexibility index (Phi) is 5.81. The van der Waals surface area contributed by atoms with Gasteiger partial charge >= 0.3 is 12.4 Å². The van der Waals surface area contributed by atoms with Crippen molar-refractivity contribution in [1.82, 2.24) is 9.97 Å². The van der Waals surface area contributed by atoms with Crippen LogP contribution in [-0.2, 0) is 12.4 Å². The molecule has 0 aliphatic heterocycles. The van der Waals surface area contributed by atoms with E-state index in [4.69, 9.17) is 16.7 Å². The number of aliphatic hydroxyl groups is 1. The van der Waals surface area contributed by atoms with Crippen molar-refractivity contribution >= 4 is 29.1 Å². The third kappa shape index (κ3) is 4.88. The van der Waals surface area contributed by atoms with Crippen LogP contribution in [0.15, 0.2) is 24.3 Å². The van der Waals surface area contributed by atoms with E-state index in [0.29, 0.717) is 6.07 Å². The first-order valence-corrected chi connectivity index (χ1v) is 7.34. The van der Waals surface area contributed by atoms with Crippen molar-refractivity contribution in [2.24, 2.45) is 0 Å². The lowest BCUT2D eigenvalue weighted by molar-refractivity contribution is -0.141. The normalized spacial score (nSPS) is 12.2. The highest BCUT2D eigenvalue weighted by Gasteiger charge is 2.36. The first-order valence-electron chi connectivity index (χ1n) is 6.96. The Morgan fingerprint density at radius 1 is 1.04 bits per heavy atom. The van der Waals surface area contributed by atoms with Crippen molar-refractivity contribution in [3.8, 4) is 0 Å². The Hall–Kier alpha value is -2.27. The average Bonchev–Trinajstić information content (AvgIpc) is 2.53. The van der Waals surface area contributed by atoms with Crippen LogP contribution in [0.4, 0.5) is 43.8 Å². The first kappa shape index (κ1) is 20.0. The van der Waals surface area contributed by atoms with Crippen LogP contribution >= 0.6 is 11.6 Å². The third-order valence-electron chi connectivity index (χ3n) is 2.98. The summed E-state index contributed by atoms with van der Waals surface area (Å²) < 4.78 is 78.1. The van der Waals surface area contributed by atoms with Gasteiger partial charge in [0.2, 0.25) is 5.95 Å². The van der Waals surface area contributed by atoms with Crippen LogP contribution in [0, 0.1) is 0 Å². The Morgan fingerprint density at radius 3 is 2.31 bits per heavy atom. The zero-order chi connectivity index (χ0) is 19.5. The Labute approximate surface area is 148 Å². The quantitative estimate of drug-likeness (QED) is 0.652. The SMILES string of the molecule is OCCNc1nc(Nc2c(Cl)cccc2C(F)(F)F)cc(C(F)(F)F)n1. The van der Waals surface area contributed by atoms with Gasteiger partial charge in [-0.05, 0) is 12.1 Å². The Morgan fingerprint density at radius 2 is 1.73 bits per heavy atom. The van der Waals surface area contributed by atoms with Crippen LogP contribution < -0.4 is 10.6 Å². The van der Waals surface area contributed by atoms with Crippen molar-refractivity contribution in [3.05, 3.63) is 40.5 Å². The van der Waals surface area contributed by atoms with Crippen LogP contribution in [0.5, 0.6) is 0 Å². The number of nitrogens with zero attached hydrogens (tertiary/aromatic N) is 2. The van der Waals surface area contributed by atoms with E-state index in [9.17, 15) is 26.3 Å². The molecule has 0 unspecified atom stereocenters. The molecule has 5 nitrogen and oxygen atoms in total. The van der Waals surface area contributed by atoms with E-state index in [-0.39, 0.29) is 11.6 Å². The lowest BCUT2D eigenvalue weighted by Gasteiger charge is -2.17. The second-order valence-corrected chi connectivity index (χ2v) is 5.30. The van der Waals surface area contributed by atoms with Crippen LogP contribution in [-0.4, -0.2) is 28.2 Å². The van der Waals surface area contributed by atoms with Crippen molar-refractivity contribution < 1.29 is 31.4 Å². The van der Waals surface area contributed by atoms with Gasteiger partial charge in [-0.3, -0.25) is 0 Å². The fourth-order valence-corrected chi connectivity index (χ4v) is 2.14. The topological polar surface area (TPSA) is 70.1 Å². The maximum Gasteiger partial charge on any atom is 0.433 e. The van der Waals surface area contributed by atoms with Crippen LogP contribution in [0.1, 0.15) is 11.3 Å². The molecule has 0 aliphatic rings. The van der Waals surface area contributed by atoms with Crippen LogP contribution in [0.3, 0.4) is 0 Å². The Bertz CT molecular complexity index is 781. The highest BCUT2D eigenvalue weighted by atomic mass is 35.5. The summed E-state index contributed by atoms with van der Waals surface area (Å²) >= 11 is 5.76. The molecule has 0 radical (unpaired) electrons. The molecule has 0 bridgehead atoms. The molecule has 1 aromatic carbocycles. The molecule has 26 heavy (non-hydrogen) atoms. The highest BCUT2D eigenvalue weighted by Crippen LogP contribution is 2.40. The molecule has 0 saturated carbocycles. The van der Waals surface area contributed by atoms with Gasteiger partial charge in [0.1, 0.15) is 5.82 Å². The fraction of sp³-hybridized carbons (Fsp3) is 0.286. The van der Waals surface area contributed by atoms with Crippen molar-refractivity contribution in [1.29, 1.82) is 0 Å². The summed E-state index contributed by atoms with van der Waals surface area (Å²) in [6.45, 7) is -0.564. The van der Waals surface area contributed by atoms with Gasteiger partial charge in [0.15, 0.2) is 5.69 Å². The van der Waals surface area contributed by atoms with Crippen molar-refractivity contribution in [2.45, 2.75) is 12.4 Å². The summed E-state index contributed by atoms with van der Waals surface area (Å²) in [4.78, 5) is 6.90. The molecular weight excluding hydrogens is 390 g/mol. The van der Waals surface area contributed by atoms with Crippen LogP contribution in [0.2, 0.25) is 5.02 Å². The molecule has 2 aromatic rings. The van der Waals surface area contributed by atoms with E-state index in [1.807, 2.05) is 0 Å². The van der Waals surface area contributed by atoms with Crippen LogP contribution in [0.25, 0.3) is 0 Å². The zero-order valence-electron chi connectivity index (χ0n) is 12.7. The minimum Gasteiger partial charge on any atom is -0.395 e. The summed E-state index contributed by atoms with van der Waals surface area (Å²) in [6, 6.07) is 3.39. The predicted molar refractivity (Wildman–Crippen MR) is 82.3 cm³/mol. The molecule has 0 atom stereocenters. The standard InChI is InChI=1S/C14H11ClF6N4O/c15-8-3-1-2-7(13(16,17)18)11(8)24-10-6-9(14(19,20)21)23-12(25-10)22-4-5-26/h1-3,6,26H,4-5H2,(H2,22,23,24,25). The molecule has 2 rings (SSSR count). The number of aliphatic hydroxyl groups excluding tert-OH is 1. The van der Waals surface area contributed by atoms with E-state index in [1.54, 1.807) is 0 Å². The van der Waals surface area contributed by atoms with E-state index >= 15 is 0 Å². The molecule has 3 N–H and O–H groups in total. The summed E-state index contributed by atoms with van der Waals surface area (Å²) in [5.74, 6) is -1.07. The van der Waals surface area contributed by atoms with Gasteiger partial charge in [0.25, 0.3) is 0 Å². The Balaban J connectivity index is 2.50. The number of anilines is 3. The maximum atomic E-state index is 13.1. The second kappa shape index (κ2) is 7.54. The predicted octanol–water partition coefficient (Wildman–Crippen LogP) is 4.32. The van der Waals surface area contributed by atoms with Gasteiger partial charge < -0.3 is 15.7 Å². The minimum absolute atomic E-state index is 0.152. The number of alkyl halides is 6. The summed E-state index contributed by atoms with van der Waals surface area (Å²) in [5, 5.41) is 12.9. The number of benzene rings is 1. The van der Waals surface area contributed by atoms with Crippen molar-refractivity contribution in [2.75, 3.05) is 23.8 Å². The van der Waals surface area contributed by atoms with E-state index < -0.39 is 47.7 Å². The van der Waals surface area contributed by atoms with Gasteiger partial charge in [-0.25, -0.2) is 4.98 Å². The molecule has 142 valence electrons. The smallest absolute Gasteiger partial charge is 0.395 e. The molecule has 0 spiro atoms. The lowest BCUT2D eigenvalue weighted by atomic mass is 10.1. The van der Waals surface area contributed by atoms with Gasteiger partial charge in [-0.1, -0.05) is 17.7 Å². The van der Waals surface area contributed by atoms with E-state index in [1.165, 1.54) is 0 Å². The maximum absolute atomic E-state index is 13.1. The molecule has 0 amide bonds. The number of aromatic nitrogens is 2. The average molecular weight is 401 g/mol. The number of hydrogen-bond donors (Lipinski definition) is 3.